The van der Waals surface area contributed by atoms with Crippen LogP contribution in [-0.2, 0) is 14.3 Å². The molecular formula is C14H17F3N2O4. The van der Waals surface area contributed by atoms with E-state index in [1.54, 1.807) is 6.07 Å². The first-order chi connectivity index (χ1) is 10.8. The van der Waals surface area contributed by atoms with Crippen LogP contribution < -0.4 is 10.6 Å². The first kappa shape index (κ1) is 18.6. The van der Waals surface area contributed by atoms with Crippen molar-refractivity contribution in [1.82, 2.24) is 5.32 Å². The number of halogens is 3. The fourth-order valence-corrected chi connectivity index (χ4v) is 1.69. The number of hydrogen-bond donors (Lipinski definition) is 2. The summed E-state index contributed by atoms with van der Waals surface area (Å²) < 4.78 is 49.8. The number of hydrogen-bond acceptors (Lipinski definition) is 5. The minimum absolute atomic E-state index is 0.0327. The van der Waals surface area contributed by atoms with Gasteiger partial charge in [-0.05, 0) is 26.0 Å². The summed E-state index contributed by atoms with van der Waals surface area (Å²) in [6.45, 7) is 2.32. The van der Waals surface area contributed by atoms with Crippen molar-refractivity contribution in [2.24, 2.45) is 0 Å². The van der Waals surface area contributed by atoms with E-state index in [0.717, 1.165) is 0 Å². The van der Waals surface area contributed by atoms with Crippen molar-refractivity contribution in [2.75, 3.05) is 18.5 Å². The zero-order valence-electron chi connectivity index (χ0n) is 12.6. The van der Waals surface area contributed by atoms with E-state index in [2.05, 4.69) is 9.47 Å². The lowest BCUT2D eigenvalue weighted by atomic mass is 10.1. The fourth-order valence-electron chi connectivity index (χ4n) is 1.69. The van der Waals surface area contributed by atoms with Crippen molar-refractivity contribution in [3.63, 3.8) is 0 Å². The van der Waals surface area contributed by atoms with E-state index in [1.165, 1.54) is 43.4 Å². The molecule has 1 atom stereocenters. The summed E-state index contributed by atoms with van der Waals surface area (Å²) in [5, 5.41) is 3.53. The van der Waals surface area contributed by atoms with Crippen LogP contribution in [0.25, 0.3) is 0 Å². The van der Waals surface area contributed by atoms with Gasteiger partial charge in [0.25, 0.3) is 0 Å². The molecule has 1 amide bonds. The van der Waals surface area contributed by atoms with Crippen LogP contribution in [-0.4, -0.2) is 37.1 Å². The molecule has 0 aliphatic rings. The molecule has 128 valence electrons. The highest BCUT2D eigenvalue weighted by atomic mass is 19.4. The number of ether oxygens (including phenoxy) is 2. The maximum Gasteiger partial charge on any atom is 0.442 e. The summed E-state index contributed by atoms with van der Waals surface area (Å²) in [6.07, 6.45) is -6.58. The SMILES string of the molecule is CCOC(=O)NC(Nc1ccccc1)(C(=O)OCC)C(F)(F)F. The van der Waals surface area contributed by atoms with Crippen molar-refractivity contribution >= 4 is 17.7 Å². The summed E-state index contributed by atoms with van der Waals surface area (Å²) in [4.78, 5) is 23.5. The van der Waals surface area contributed by atoms with Crippen LogP contribution in [0.1, 0.15) is 13.8 Å². The molecule has 1 aromatic carbocycles. The van der Waals surface area contributed by atoms with Crippen LogP contribution in [0.3, 0.4) is 0 Å². The van der Waals surface area contributed by atoms with Crippen molar-refractivity contribution in [1.29, 1.82) is 0 Å². The van der Waals surface area contributed by atoms with Gasteiger partial charge in [0, 0.05) is 5.69 Å². The van der Waals surface area contributed by atoms with Gasteiger partial charge >= 0.3 is 23.9 Å². The molecule has 6 nitrogen and oxygen atoms in total. The molecular weight excluding hydrogens is 317 g/mol. The van der Waals surface area contributed by atoms with E-state index in [1.807, 2.05) is 5.32 Å². The predicted octanol–water partition coefficient (Wildman–Crippen LogP) is 2.67. The Morgan fingerprint density at radius 1 is 1.04 bits per heavy atom. The third kappa shape index (κ3) is 4.51. The number of esters is 1. The topological polar surface area (TPSA) is 76.7 Å². The molecule has 0 fully saturated rings. The molecule has 0 aliphatic carbocycles. The zero-order chi connectivity index (χ0) is 17.5. The van der Waals surface area contributed by atoms with Crippen molar-refractivity contribution in [3.05, 3.63) is 30.3 Å². The third-order valence-corrected chi connectivity index (χ3v) is 2.68. The van der Waals surface area contributed by atoms with E-state index in [4.69, 9.17) is 0 Å². The monoisotopic (exact) mass is 334 g/mol. The van der Waals surface area contributed by atoms with Crippen LogP contribution >= 0.6 is 0 Å². The Kier molecular flexibility index (Phi) is 6.23. The predicted molar refractivity (Wildman–Crippen MR) is 75.6 cm³/mol. The van der Waals surface area contributed by atoms with Gasteiger partial charge in [-0.1, -0.05) is 18.2 Å². The first-order valence-electron chi connectivity index (χ1n) is 6.79. The second-order valence-electron chi connectivity index (χ2n) is 4.30. The van der Waals surface area contributed by atoms with Gasteiger partial charge in [0.05, 0.1) is 13.2 Å². The fraction of sp³-hybridized carbons (Fsp3) is 0.429. The molecule has 1 aromatic rings. The Bertz CT molecular complexity index is 537. The molecule has 0 radical (unpaired) electrons. The van der Waals surface area contributed by atoms with E-state index < -0.39 is 23.9 Å². The van der Waals surface area contributed by atoms with Crippen LogP contribution in [0.4, 0.5) is 23.7 Å². The average molecular weight is 334 g/mol. The number of carbonyl (C=O) groups is 2. The average Bonchev–Trinajstić information content (AvgIpc) is 2.46. The standard InChI is InChI=1S/C14H17F3N2O4/c1-3-22-11(20)13(14(15,16)17,19-12(21)23-4-2)18-10-8-6-5-7-9-10/h5-9,18H,3-4H2,1-2H3,(H,19,21). The molecule has 0 saturated heterocycles. The Labute approximate surface area is 130 Å². The summed E-state index contributed by atoms with van der Waals surface area (Å²) >= 11 is 0. The van der Waals surface area contributed by atoms with Gasteiger partial charge in [-0.25, -0.2) is 9.59 Å². The van der Waals surface area contributed by atoms with Crippen LogP contribution in [0.5, 0.6) is 0 Å². The van der Waals surface area contributed by atoms with Gasteiger partial charge < -0.3 is 14.8 Å². The number of anilines is 1. The number of nitrogens with one attached hydrogen (secondary N) is 2. The summed E-state index contributed by atoms with van der Waals surface area (Å²) in [5.74, 6) is -1.69. The molecule has 0 heterocycles. The molecule has 1 rings (SSSR count). The Morgan fingerprint density at radius 2 is 1.61 bits per heavy atom. The normalized spacial score (nSPS) is 13.6. The van der Waals surface area contributed by atoms with E-state index >= 15 is 0 Å². The molecule has 0 aliphatic heterocycles. The summed E-state index contributed by atoms with van der Waals surface area (Å²) in [5.41, 5.74) is -3.49. The molecule has 2 N–H and O–H groups in total. The Morgan fingerprint density at radius 3 is 2.09 bits per heavy atom. The van der Waals surface area contributed by atoms with Gasteiger partial charge in [0.1, 0.15) is 0 Å². The molecule has 23 heavy (non-hydrogen) atoms. The molecule has 0 bridgehead atoms. The summed E-state index contributed by atoms with van der Waals surface area (Å²) in [6, 6.07) is 7.15. The maximum absolute atomic E-state index is 13.6. The minimum atomic E-state index is -5.18. The molecule has 0 aromatic heterocycles. The third-order valence-electron chi connectivity index (χ3n) is 2.68. The van der Waals surface area contributed by atoms with Gasteiger partial charge in [0.15, 0.2) is 0 Å². The number of benzene rings is 1. The molecule has 0 spiro atoms. The quantitative estimate of drug-likeness (QED) is 0.618. The molecule has 1 unspecified atom stereocenters. The lowest BCUT2D eigenvalue weighted by Gasteiger charge is -2.34. The zero-order valence-corrected chi connectivity index (χ0v) is 12.6. The summed E-state index contributed by atoms with van der Waals surface area (Å²) in [7, 11) is 0. The lowest BCUT2D eigenvalue weighted by Crippen LogP contribution is -2.69. The van der Waals surface area contributed by atoms with Crippen LogP contribution in [0.15, 0.2) is 30.3 Å². The maximum atomic E-state index is 13.6. The van der Waals surface area contributed by atoms with Crippen molar-refractivity contribution in [3.8, 4) is 0 Å². The van der Waals surface area contributed by atoms with Crippen molar-refractivity contribution in [2.45, 2.75) is 25.7 Å². The number of carbonyl (C=O) groups excluding carboxylic acids is 2. The smallest absolute Gasteiger partial charge is 0.442 e. The minimum Gasteiger partial charge on any atom is -0.463 e. The molecule has 9 heteroatoms. The first-order valence-corrected chi connectivity index (χ1v) is 6.79. The Hall–Kier alpha value is -2.45. The van der Waals surface area contributed by atoms with Crippen LogP contribution in [0, 0.1) is 0 Å². The number of alkyl halides is 3. The Balaban J connectivity index is 3.28. The number of alkyl carbamates (subject to hydrolysis) is 1. The van der Waals surface area contributed by atoms with Gasteiger partial charge in [-0.3, -0.25) is 5.32 Å². The van der Waals surface area contributed by atoms with Gasteiger partial charge in [-0.15, -0.1) is 0 Å². The van der Waals surface area contributed by atoms with Gasteiger partial charge in [-0.2, -0.15) is 13.2 Å². The highest BCUT2D eigenvalue weighted by molar-refractivity contribution is 5.89. The lowest BCUT2D eigenvalue weighted by molar-refractivity contribution is -0.205. The van der Waals surface area contributed by atoms with E-state index in [-0.39, 0.29) is 18.9 Å². The van der Waals surface area contributed by atoms with Gasteiger partial charge in [0.2, 0.25) is 0 Å². The number of rotatable bonds is 6. The largest absolute Gasteiger partial charge is 0.463 e. The number of amides is 1. The second kappa shape index (κ2) is 7.70. The van der Waals surface area contributed by atoms with E-state index in [9.17, 15) is 22.8 Å². The highest BCUT2D eigenvalue weighted by Crippen LogP contribution is 2.33. The highest BCUT2D eigenvalue weighted by Gasteiger charge is 2.64. The molecule has 0 saturated carbocycles. The number of para-hydroxylation sites is 1. The van der Waals surface area contributed by atoms with E-state index in [0.29, 0.717) is 0 Å². The van der Waals surface area contributed by atoms with Crippen molar-refractivity contribution < 1.29 is 32.2 Å². The second-order valence-corrected chi connectivity index (χ2v) is 4.30. The van der Waals surface area contributed by atoms with Crippen LogP contribution in [0.2, 0.25) is 0 Å².